The second kappa shape index (κ2) is 14.9. The number of hydrogen-bond acceptors (Lipinski definition) is 2. The molecule has 0 bridgehead atoms. The quantitative estimate of drug-likeness (QED) is 0.151. The summed E-state index contributed by atoms with van der Waals surface area (Å²) in [7, 11) is 0. The van der Waals surface area contributed by atoms with Crippen LogP contribution in [0.15, 0.2) is 243 Å². The SMILES string of the molecule is CC1(C)c2ccccc2-c2ccc(N(c3ccccc3)c3cc4c(cc3N(c3ccccc3)c3cccc5ccccc35)C(c3ccccc3)(c3ccccc3)c3ccccc3-4)cc21. The Morgan fingerprint density at radius 3 is 1.47 bits per heavy atom. The zero-order chi connectivity index (χ0) is 42.8. The minimum atomic E-state index is -0.593. The van der Waals surface area contributed by atoms with Crippen molar-refractivity contribution in [1.29, 1.82) is 0 Å². The Hall–Kier alpha value is -7.94. The van der Waals surface area contributed by atoms with Gasteiger partial charge in [0.05, 0.1) is 22.5 Å². The first-order chi connectivity index (χ1) is 31.5. The molecular weight excluding hydrogens is 773 g/mol. The largest absolute Gasteiger partial charge is 0.308 e. The molecule has 0 radical (unpaired) electrons. The van der Waals surface area contributed by atoms with Crippen molar-refractivity contribution in [3.63, 3.8) is 0 Å². The standard InChI is InChI=1S/C62H46N2/c1-61(2)54-35-19-17-33-50(54)52-39-38-48(40-56(52)61)63(46-28-11-5-12-29-46)59-41-53-51-34-18-20-36-55(51)62(44-24-7-3-8-25-44,45-26-9-4-10-27-45)57(53)42-60(59)64(47-30-13-6-14-31-47)58-37-21-23-43-22-15-16-32-49(43)58/h3-42H,1-2H3. The topological polar surface area (TPSA) is 6.48 Å². The summed E-state index contributed by atoms with van der Waals surface area (Å²) < 4.78 is 0. The van der Waals surface area contributed by atoms with E-state index in [1.807, 2.05) is 0 Å². The smallest absolute Gasteiger partial charge is 0.0714 e. The predicted octanol–water partition coefficient (Wildman–Crippen LogP) is 16.4. The van der Waals surface area contributed by atoms with Gasteiger partial charge in [-0.05, 0) is 116 Å². The third-order valence-electron chi connectivity index (χ3n) is 13.9. The summed E-state index contributed by atoms with van der Waals surface area (Å²) in [5, 5.41) is 2.38. The lowest BCUT2D eigenvalue weighted by atomic mass is 9.67. The Morgan fingerprint density at radius 2 is 0.797 bits per heavy atom. The zero-order valence-electron chi connectivity index (χ0n) is 36.0. The van der Waals surface area contributed by atoms with E-state index in [1.54, 1.807) is 0 Å². The highest BCUT2D eigenvalue weighted by molar-refractivity contribution is 6.04. The molecule has 0 aliphatic heterocycles. The molecule has 10 aromatic carbocycles. The highest BCUT2D eigenvalue weighted by atomic mass is 15.2. The highest BCUT2D eigenvalue weighted by Crippen LogP contribution is 2.60. The second-order valence-electron chi connectivity index (χ2n) is 17.7. The van der Waals surface area contributed by atoms with Crippen molar-refractivity contribution < 1.29 is 0 Å². The van der Waals surface area contributed by atoms with Crippen LogP contribution in [0.3, 0.4) is 0 Å². The monoisotopic (exact) mass is 818 g/mol. The third-order valence-corrected chi connectivity index (χ3v) is 13.9. The van der Waals surface area contributed by atoms with E-state index >= 15 is 0 Å². The van der Waals surface area contributed by atoms with Crippen molar-refractivity contribution in [2.75, 3.05) is 9.80 Å². The van der Waals surface area contributed by atoms with Crippen molar-refractivity contribution in [3.05, 3.63) is 276 Å². The lowest BCUT2D eigenvalue weighted by molar-refractivity contribution is 0.660. The maximum atomic E-state index is 2.53. The summed E-state index contributed by atoms with van der Waals surface area (Å²) in [6, 6.07) is 89.8. The maximum Gasteiger partial charge on any atom is 0.0714 e. The molecular formula is C62H46N2. The number of benzene rings is 10. The fourth-order valence-corrected chi connectivity index (χ4v) is 11.0. The lowest BCUT2D eigenvalue weighted by Crippen LogP contribution is -2.29. The molecule has 0 atom stereocenters. The minimum Gasteiger partial charge on any atom is -0.308 e. The van der Waals surface area contributed by atoms with E-state index in [4.69, 9.17) is 0 Å². The molecule has 0 saturated carbocycles. The molecule has 0 N–H and O–H groups in total. The van der Waals surface area contributed by atoms with Gasteiger partial charge in [0, 0.05) is 27.9 Å². The molecule has 2 heteroatoms. The van der Waals surface area contributed by atoms with Crippen LogP contribution >= 0.6 is 0 Å². The average molecular weight is 819 g/mol. The molecule has 2 aliphatic carbocycles. The van der Waals surface area contributed by atoms with Gasteiger partial charge in [0.2, 0.25) is 0 Å². The predicted molar refractivity (Wildman–Crippen MR) is 268 cm³/mol. The summed E-state index contributed by atoms with van der Waals surface area (Å²) in [5.74, 6) is 0. The maximum absolute atomic E-state index is 2.53. The molecule has 0 fully saturated rings. The Kier molecular flexibility index (Phi) is 8.77. The Morgan fingerprint density at radius 1 is 0.297 bits per heavy atom. The summed E-state index contributed by atoms with van der Waals surface area (Å²) in [6.07, 6.45) is 0. The fourth-order valence-electron chi connectivity index (χ4n) is 11.0. The minimum absolute atomic E-state index is 0.173. The van der Waals surface area contributed by atoms with E-state index in [0.717, 1.165) is 34.1 Å². The molecule has 64 heavy (non-hydrogen) atoms. The third kappa shape index (κ3) is 5.65. The molecule has 2 nitrogen and oxygen atoms in total. The number of hydrogen-bond donors (Lipinski definition) is 0. The van der Waals surface area contributed by atoms with Crippen molar-refractivity contribution in [3.8, 4) is 22.3 Å². The zero-order valence-corrected chi connectivity index (χ0v) is 36.0. The van der Waals surface area contributed by atoms with Gasteiger partial charge in [-0.1, -0.05) is 202 Å². The van der Waals surface area contributed by atoms with Crippen molar-refractivity contribution >= 4 is 44.9 Å². The summed E-state index contributed by atoms with van der Waals surface area (Å²) in [6.45, 7) is 4.74. The van der Waals surface area contributed by atoms with E-state index in [9.17, 15) is 0 Å². The molecule has 10 aromatic rings. The highest BCUT2D eigenvalue weighted by Gasteiger charge is 2.47. The molecule has 0 unspecified atom stereocenters. The van der Waals surface area contributed by atoms with Crippen LogP contribution in [0.2, 0.25) is 0 Å². The van der Waals surface area contributed by atoms with E-state index in [1.165, 1.54) is 66.4 Å². The van der Waals surface area contributed by atoms with Crippen LogP contribution in [-0.4, -0.2) is 0 Å². The number of para-hydroxylation sites is 2. The second-order valence-corrected chi connectivity index (χ2v) is 17.7. The first-order valence-electron chi connectivity index (χ1n) is 22.4. The van der Waals surface area contributed by atoms with Crippen LogP contribution in [0.4, 0.5) is 34.1 Å². The van der Waals surface area contributed by atoms with Crippen LogP contribution in [-0.2, 0) is 10.8 Å². The first kappa shape index (κ1) is 37.8. The van der Waals surface area contributed by atoms with E-state index in [-0.39, 0.29) is 5.41 Å². The first-order valence-corrected chi connectivity index (χ1v) is 22.4. The van der Waals surface area contributed by atoms with Crippen molar-refractivity contribution in [2.45, 2.75) is 24.7 Å². The Bertz CT molecular complexity index is 3310. The van der Waals surface area contributed by atoms with Crippen LogP contribution in [0, 0.1) is 0 Å². The lowest BCUT2D eigenvalue weighted by Gasteiger charge is -2.37. The number of nitrogens with zero attached hydrogens (tertiary/aromatic N) is 2. The van der Waals surface area contributed by atoms with Gasteiger partial charge in [0.1, 0.15) is 0 Å². The Labute approximate surface area is 376 Å². The molecule has 0 amide bonds. The van der Waals surface area contributed by atoms with Gasteiger partial charge in [0.25, 0.3) is 0 Å². The summed E-state index contributed by atoms with van der Waals surface area (Å²) in [4.78, 5) is 5.01. The van der Waals surface area contributed by atoms with Gasteiger partial charge >= 0.3 is 0 Å². The number of anilines is 6. The van der Waals surface area contributed by atoms with Gasteiger partial charge in [0.15, 0.2) is 0 Å². The van der Waals surface area contributed by atoms with Gasteiger partial charge in [-0.25, -0.2) is 0 Å². The molecule has 0 saturated heterocycles. The summed E-state index contributed by atoms with van der Waals surface area (Å²) >= 11 is 0. The van der Waals surface area contributed by atoms with Gasteiger partial charge in [-0.15, -0.1) is 0 Å². The molecule has 2 aliphatic rings. The molecule has 0 heterocycles. The van der Waals surface area contributed by atoms with E-state index in [2.05, 4.69) is 266 Å². The molecule has 0 aromatic heterocycles. The van der Waals surface area contributed by atoms with Crippen LogP contribution in [0.5, 0.6) is 0 Å². The summed E-state index contributed by atoms with van der Waals surface area (Å²) in [5.41, 5.74) is 18.6. The van der Waals surface area contributed by atoms with Gasteiger partial charge in [-0.2, -0.15) is 0 Å². The van der Waals surface area contributed by atoms with Crippen LogP contribution in [0.25, 0.3) is 33.0 Å². The van der Waals surface area contributed by atoms with Gasteiger partial charge in [-0.3, -0.25) is 0 Å². The van der Waals surface area contributed by atoms with Crippen molar-refractivity contribution in [2.24, 2.45) is 0 Å². The van der Waals surface area contributed by atoms with Gasteiger partial charge < -0.3 is 9.80 Å². The number of fused-ring (bicyclic) bond motifs is 7. The van der Waals surface area contributed by atoms with E-state index in [0.29, 0.717) is 0 Å². The molecule has 12 rings (SSSR count). The van der Waals surface area contributed by atoms with Crippen LogP contribution in [0.1, 0.15) is 47.2 Å². The normalized spacial score (nSPS) is 13.7. The van der Waals surface area contributed by atoms with Crippen LogP contribution < -0.4 is 9.80 Å². The Balaban J connectivity index is 1.23. The average Bonchev–Trinajstić information content (AvgIpc) is 3.77. The molecule has 0 spiro atoms. The number of rotatable bonds is 8. The van der Waals surface area contributed by atoms with Crippen molar-refractivity contribution in [1.82, 2.24) is 0 Å². The molecule has 304 valence electrons. The fraction of sp³-hybridized carbons (Fsp3) is 0.0645. The van der Waals surface area contributed by atoms with E-state index < -0.39 is 5.41 Å².